The summed E-state index contributed by atoms with van der Waals surface area (Å²) in [5.41, 5.74) is 3.88. The molecule has 158 valence electrons. The molecule has 0 heterocycles. The third-order valence-electron chi connectivity index (χ3n) is 4.72. The summed E-state index contributed by atoms with van der Waals surface area (Å²) >= 11 is 0. The predicted molar refractivity (Wildman–Crippen MR) is 118 cm³/mol. The second-order valence-corrected chi connectivity index (χ2v) is 7.14. The molecule has 0 saturated carbocycles. The van der Waals surface area contributed by atoms with E-state index in [0.717, 1.165) is 24.0 Å². The summed E-state index contributed by atoms with van der Waals surface area (Å²) < 4.78 is 10.2. The lowest BCUT2D eigenvalue weighted by atomic mass is 10.0. The summed E-state index contributed by atoms with van der Waals surface area (Å²) in [5.74, 6) is -0.683. The molecule has 0 unspecified atom stereocenters. The summed E-state index contributed by atoms with van der Waals surface area (Å²) in [4.78, 5) is 35.6. The van der Waals surface area contributed by atoms with E-state index in [1.54, 1.807) is 48.5 Å². The highest BCUT2D eigenvalue weighted by molar-refractivity contribution is 5.99. The van der Waals surface area contributed by atoms with Crippen LogP contribution in [0.4, 0.5) is 0 Å². The average Bonchev–Trinajstić information content (AvgIpc) is 2.78. The van der Waals surface area contributed by atoms with E-state index in [4.69, 9.17) is 9.47 Å². The number of hydrogen-bond donors (Lipinski definition) is 0. The van der Waals surface area contributed by atoms with E-state index in [2.05, 4.69) is 6.92 Å². The summed E-state index contributed by atoms with van der Waals surface area (Å²) in [5, 5.41) is 0. The third kappa shape index (κ3) is 6.12. The lowest BCUT2D eigenvalue weighted by Gasteiger charge is -2.07. The molecule has 3 aromatic carbocycles. The topological polar surface area (TPSA) is 69.7 Å². The van der Waals surface area contributed by atoms with Crippen molar-refractivity contribution >= 4 is 17.7 Å². The molecule has 0 atom stereocenters. The fourth-order valence-electron chi connectivity index (χ4n) is 3.12. The second kappa shape index (κ2) is 10.3. The molecular formula is C26H24O5. The van der Waals surface area contributed by atoms with Crippen LogP contribution in [0.15, 0.2) is 72.8 Å². The Morgan fingerprint density at radius 2 is 1.29 bits per heavy atom. The first kappa shape index (κ1) is 22.0. The quantitative estimate of drug-likeness (QED) is 0.284. The zero-order chi connectivity index (χ0) is 22.2. The highest BCUT2D eigenvalue weighted by Crippen LogP contribution is 2.23. The molecule has 0 aliphatic carbocycles. The van der Waals surface area contributed by atoms with Gasteiger partial charge in [0.05, 0.1) is 5.56 Å². The van der Waals surface area contributed by atoms with Crippen LogP contribution in [-0.2, 0) is 16.0 Å². The molecule has 0 N–H and O–H groups in total. The number of carbonyl (C=O) groups is 3. The Morgan fingerprint density at radius 1 is 0.742 bits per heavy atom. The van der Waals surface area contributed by atoms with Crippen molar-refractivity contribution < 1.29 is 23.9 Å². The van der Waals surface area contributed by atoms with Crippen molar-refractivity contribution in [1.29, 1.82) is 0 Å². The number of hydrogen-bond acceptors (Lipinski definition) is 5. The molecule has 5 heteroatoms. The molecule has 0 aliphatic rings. The Bertz CT molecular complexity index is 1050. The molecule has 0 amide bonds. The normalized spacial score (nSPS) is 10.4. The summed E-state index contributed by atoms with van der Waals surface area (Å²) in [6.07, 6.45) is 2.01. The van der Waals surface area contributed by atoms with Crippen molar-refractivity contribution in [3.8, 4) is 16.9 Å². The highest BCUT2D eigenvalue weighted by Gasteiger charge is 2.12. The van der Waals surface area contributed by atoms with Crippen molar-refractivity contribution in [2.45, 2.75) is 26.7 Å². The number of rotatable bonds is 8. The van der Waals surface area contributed by atoms with E-state index in [1.165, 1.54) is 12.5 Å². The molecule has 3 aromatic rings. The van der Waals surface area contributed by atoms with Crippen molar-refractivity contribution in [3.63, 3.8) is 0 Å². The van der Waals surface area contributed by atoms with Crippen LogP contribution in [0, 0.1) is 0 Å². The molecule has 0 saturated heterocycles. The molecule has 0 spiro atoms. The molecule has 0 aliphatic heterocycles. The first-order valence-corrected chi connectivity index (χ1v) is 10.1. The van der Waals surface area contributed by atoms with Gasteiger partial charge in [-0.3, -0.25) is 9.59 Å². The van der Waals surface area contributed by atoms with Gasteiger partial charge in [-0.05, 0) is 47.4 Å². The summed E-state index contributed by atoms with van der Waals surface area (Å²) in [6.45, 7) is 3.15. The Kier molecular flexibility index (Phi) is 7.33. The largest absolute Gasteiger partial charge is 0.454 e. The average molecular weight is 416 g/mol. The van der Waals surface area contributed by atoms with Crippen molar-refractivity contribution in [2.75, 3.05) is 6.61 Å². The van der Waals surface area contributed by atoms with E-state index in [1.807, 2.05) is 24.3 Å². The Labute approximate surface area is 181 Å². The Hall–Kier alpha value is -3.73. The van der Waals surface area contributed by atoms with Crippen LogP contribution in [0.5, 0.6) is 5.75 Å². The SMILES string of the molecule is CCCc1ccc(C(=O)COC(=O)c2ccc(-c3ccc(OC(C)=O)cc3)cc2)cc1. The van der Waals surface area contributed by atoms with E-state index in [9.17, 15) is 14.4 Å². The van der Waals surface area contributed by atoms with Gasteiger partial charge < -0.3 is 9.47 Å². The third-order valence-corrected chi connectivity index (χ3v) is 4.72. The second-order valence-electron chi connectivity index (χ2n) is 7.14. The lowest BCUT2D eigenvalue weighted by molar-refractivity contribution is -0.131. The minimum absolute atomic E-state index is 0.235. The van der Waals surface area contributed by atoms with Crippen LogP contribution in [0.2, 0.25) is 0 Å². The fourth-order valence-corrected chi connectivity index (χ4v) is 3.12. The van der Waals surface area contributed by atoms with Gasteiger partial charge in [-0.25, -0.2) is 4.79 Å². The Morgan fingerprint density at radius 3 is 1.84 bits per heavy atom. The van der Waals surface area contributed by atoms with Crippen LogP contribution < -0.4 is 4.74 Å². The van der Waals surface area contributed by atoms with Crippen molar-refractivity contribution in [3.05, 3.63) is 89.5 Å². The van der Waals surface area contributed by atoms with Gasteiger partial charge in [0.25, 0.3) is 0 Å². The molecule has 0 fully saturated rings. The number of aryl methyl sites for hydroxylation is 1. The van der Waals surface area contributed by atoms with Gasteiger partial charge in [0, 0.05) is 12.5 Å². The van der Waals surface area contributed by atoms with Gasteiger partial charge in [-0.1, -0.05) is 61.9 Å². The molecule has 0 bridgehead atoms. The van der Waals surface area contributed by atoms with Crippen LogP contribution in [0.25, 0.3) is 11.1 Å². The zero-order valence-corrected chi connectivity index (χ0v) is 17.6. The number of ether oxygens (including phenoxy) is 2. The smallest absolute Gasteiger partial charge is 0.338 e. The Balaban J connectivity index is 1.57. The summed E-state index contributed by atoms with van der Waals surface area (Å²) in [7, 11) is 0. The number of esters is 2. The van der Waals surface area contributed by atoms with Crippen LogP contribution in [0.1, 0.15) is 46.5 Å². The van der Waals surface area contributed by atoms with Gasteiger partial charge in [-0.15, -0.1) is 0 Å². The maximum absolute atomic E-state index is 12.3. The van der Waals surface area contributed by atoms with Gasteiger partial charge >= 0.3 is 11.9 Å². The molecular weight excluding hydrogens is 392 g/mol. The number of benzene rings is 3. The minimum Gasteiger partial charge on any atom is -0.454 e. The van der Waals surface area contributed by atoms with Gasteiger partial charge in [0.2, 0.25) is 0 Å². The van der Waals surface area contributed by atoms with E-state index in [-0.39, 0.29) is 18.4 Å². The number of ketones is 1. The van der Waals surface area contributed by atoms with Crippen LogP contribution in [0.3, 0.4) is 0 Å². The van der Waals surface area contributed by atoms with Gasteiger partial charge in [0.1, 0.15) is 5.75 Å². The molecule has 0 radical (unpaired) electrons. The van der Waals surface area contributed by atoms with E-state index < -0.39 is 5.97 Å². The monoisotopic (exact) mass is 416 g/mol. The highest BCUT2D eigenvalue weighted by atomic mass is 16.5. The predicted octanol–water partition coefficient (Wildman–Crippen LogP) is 5.27. The summed E-state index contributed by atoms with van der Waals surface area (Å²) in [6, 6.07) is 21.4. The zero-order valence-electron chi connectivity index (χ0n) is 17.6. The van der Waals surface area contributed by atoms with E-state index >= 15 is 0 Å². The van der Waals surface area contributed by atoms with E-state index in [0.29, 0.717) is 16.9 Å². The molecule has 31 heavy (non-hydrogen) atoms. The van der Waals surface area contributed by atoms with Gasteiger partial charge in [-0.2, -0.15) is 0 Å². The van der Waals surface area contributed by atoms with Gasteiger partial charge in [0.15, 0.2) is 12.4 Å². The molecule has 3 rings (SSSR count). The number of carbonyl (C=O) groups excluding carboxylic acids is 3. The number of Topliss-reactive ketones (excluding diaryl/α,β-unsaturated/α-hetero) is 1. The standard InChI is InChI=1S/C26H24O5/c1-3-4-19-5-7-22(8-6-19)25(28)17-30-26(29)23-11-9-20(10-12-23)21-13-15-24(16-14-21)31-18(2)27/h5-16H,3-4,17H2,1-2H3. The molecule has 5 nitrogen and oxygen atoms in total. The maximum Gasteiger partial charge on any atom is 0.338 e. The first-order valence-electron chi connectivity index (χ1n) is 10.1. The van der Waals surface area contributed by atoms with Crippen molar-refractivity contribution in [1.82, 2.24) is 0 Å². The fraction of sp³-hybridized carbons (Fsp3) is 0.192. The minimum atomic E-state index is -0.548. The van der Waals surface area contributed by atoms with Crippen LogP contribution >= 0.6 is 0 Å². The lowest BCUT2D eigenvalue weighted by Crippen LogP contribution is -2.14. The van der Waals surface area contributed by atoms with Crippen LogP contribution in [-0.4, -0.2) is 24.3 Å². The first-order chi connectivity index (χ1) is 15.0. The molecule has 0 aromatic heterocycles. The van der Waals surface area contributed by atoms with Crippen molar-refractivity contribution in [2.24, 2.45) is 0 Å². The maximum atomic E-state index is 12.3.